The van der Waals surface area contributed by atoms with Crippen molar-refractivity contribution >= 4 is 23.2 Å². The van der Waals surface area contributed by atoms with Crippen LogP contribution in [-0.4, -0.2) is 38.5 Å². The number of nitrogens with zero attached hydrogens (tertiary/aromatic N) is 4. The zero-order valence-electron chi connectivity index (χ0n) is 19.5. The highest BCUT2D eigenvalue weighted by atomic mass is 35.5. The highest BCUT2D eigenvalue weighted by Crippen LogP contribution is 2.35. The van der Waals surface area contributed by atoms with E-state index in [1.807, 2.05) is 81.7 Å². The van der Waals surface area contributed by atoms with Gasteiger partial charge in [-0.25, -0.2) is 0 Å². The summed E-state index contributed by atoms with van der Waals surface area (Å²) in [6.07, 6.45) is 0.169. The summed E-state index contributed by atoms with van der Waals surface area (Å²) in [5, 5.41) is 12.2. The Morgan fingerprint density at radius 2 is 1.88 bits per heavy atom. The molecule has 0 saturated carbocycles. The van der Waals surface area contributed by atoms with Gasteiger partial charge >= 0.3 is 0 Å². The Kier molecular flexibility index (Phi) is 6.26. The number of hydrogen-bond donors (Lipinski definition) is 1. The second-order valence-corrected chi connectivity index (χ2v) is 9.43. The van der Waals surface area contributed by atoms with Crippen molar-refractivity contribution in [2.75, 3.05) is 6.54 Å². The standard InChI is InChI=1S/C25H28ClN5O2/c1-6-27-22(32)14-20-24-30-29-15(2)31(24)21-12-11-18(33-25(3,4)5)13-19(21)23(28-20)16-7-9-17(26)10-8-16/h7-13,20H,6,14H2,1-5H3,(H,27,32)/t20-/m0/s1. The first-order chi connectivity index (χ1) is 15.7. The van der Waals surface area contributed by atoms with E-state index >= 15 is 0 Å². The second-order valence-electron chi connectivity index (χ2n) is 8.99. The number of rotatable bonds is 5. The Morgan fingerprint density at radius 3 is 2.55 bits per heavy atom. The molecular formula is C25H28ClN5O2. The van der Waals surface area contributed by atoms with Crippen LogP contribution in [0.4, 0.5) is 0 Å². The maximum Gasteiger partial charge on any atom is 0.222 e. The van der Waals surface area contributed by atoms with Crippen molar-refractivity contribution in [3.63, 3.8) is 0 Å². The van der Waals surface area contributed by atoms with E-state index in [4.69, 9.17) is 21.3 Å². The molecule has 0 bridgehead atoms. The van der Waals surface area contributed by atoms with Crippen LogP contribution in [0.1, 0.15) is 62.9 Å². The third kappa shape index (κ3) is 4.93. The van der Waals surface area contributed by atoms with Crippen molar-refractivity contribution in [2.24, 2.45) is 4.99 Å². The normalized spacial score (nSPS) is 15.2. The molecule has 0 unspecified atom stereocenters. The van der Waals surface area contributed by atoms with Crippen LogP contribution in [-0.2, 0) is 4.79 Å². The smallest absolute Gasteiger partial charge is 0.222 e. The molecule has 2 aromatic carbocycles. The van der Waals surface area contributed by atoms with E-state index < -0.39 is 6.04 Å². The van der Waals surface area contributed by atoms with Gasteiger partial charge in [-0.1, -0.05) is 23.7 Å². The zero-order valence-corrected chi connectivity index (χ0v) is 20.3. The number of halogens is 1. The van der Waals surface area contributed by atoms with E-state index in [1.165, 1.54) is 0 Å². The molecule has 0 saturated heterocycles. The minimum Gasteiger partial charge on any atom is -0.488 e. The highest BCUT2D eigenvalue weighted by Gasteiger charge is 2.30. The lowest BCUT2D eigenvalue weighted by molar-refractivity contribution is -0.121. The number of aromatic nitrogens is 3. The number of aryl methyl sites for hydroxylation is 1. The van der Waals surface area contributed by atoms with Gasteiger partial charge in [0.2, 0.25) is 5.91 Å². The molecule has 0 radical (unpaired) electrons. The van der Waals surface area contributed by atoms with E-state index in [9.17, 15) is 4.79 Å². The van der Waals surface area contributed by atoms with Crippen molar-refractivity contribution in [2.45, 2.75) is 52.7 Å². The van der Waals surface area contributed by atoms with Crippen LogP contribution in [0.15, 0.2) is 47.5 Å². The molecule has 7 nitrogen and oxygen atoms in total. The summed E-state index contributed by atoms with van der Waals surface area (Å²) >= 11 is 6.15. The molecule has 1 amide bonds. The largest absolute Gasteiger partial charge is 0.488 e. The minimum atomic E-state index is -0.497. The molecule has 172 valence electrons. The third-order valence-corrected chi connectivity index (χ3v) is 5.44. The maximum atomic E-state index is 12.5. The quantitative estimate of drug-likeness (QED) is 0.585. The number of amides is 1. The summed E-state index contributed by atoms with van der Waals surface area (Å²) in [4.78, 5) is 17.6. The lowest BCUT2D eigenvalue weighted by Crippen LogP contribution is -2.25. The fraction of sp³-hybridized carbons (Fsp3) is 0.360. The molecule has 0 fully saturated rings. The molecule has 1 aliphatic rings. The fourth-order valence-electron chi connectivity index (χ4n) is 3.91. The number of fused-ring (bicyclic) bond motifs is 3. The zero-order chi connectivity index (χ0) is 23.8. The minimum absolute atomic E-state index is 0.0865. The second kappa shape index (κ2) is 8.98. The lowest BCUT2D eigenvalue weighted by atomic mass is 9.99. The predicted octanol–water partition coefficient (Wildman–Crippen LogP) is 4.82. The molecule has 8 heteroatoms. The summed E-state index contributed by atoms with van der Waals surface area (Å²) in [5.74, 6) is 2.01. The molecule has 1 atom stereocenters. The topological polar surface area (TPSA) is 81.4 Å². The number of aliphatic imine (C=N–C) groups is 1. The number of benzene rings is 2. The molecule has 1 aromatic heterocycles. The molecule has 0 spiro atoms. The summed E-state index contributed by atoms with van der Waals surface area (Å²) in [6.45, 7) is 10.4. The summed E-state index contributed by atoms with van der Waals surface area (Å²) in [7, 11) is 0. The van der Waals surface area contributed by atoms with E-state index in [0.29, 0.717) is 17.4 Å². The van der Waals surface area contributed by atoms with Gasteiger partial charge in [-0.15, -0.1) is 10.2 Å². The Labute approximate surface area is 198 Å². The summed E-state index contributed by atoms with van der Waals surface area (Å²) in [5.41, 5.74) is 3.06. The van der Waals surface area contributed by atoms with Gasteiger partial charge in [-0.3, -0.25) is 14.4 Å². The van der Waals surface area contributed by atoms with Crippen LogP contribution in [0.2, 0.25) is 5.02 Å². The molecule has 2 heterocycles. The molecular weight excluding hydrogens is 438 g/mol. The maximum absolute atomic E-state index is 12.5. The molecule has 3 aromatic rings. The molecule has 1 N–H and O–H groups in total. The first-order valence-corrected chi connectivity index (χ1v) is 11.4. The van der Waals surface area contributed by atoms with Crippen LogP contribution in [0.25, 0.3) is 5.69 Å². The van der Waals surface area contributed by atoms with Gasteiger partial charge in [-0.2, -0.15) is 0 Å². The molecule has 4 rings (SSSR count). The molecule has 33 heavy (non-hydrogen) atoms. The van der Waals surface area contributed by atoms with Crippen molar-refractivity contribution in [1.82, 2.24) is 20.1 Å². The SMILES string of the molecule is CCNC(=O)C[C@@H]1N=C(c2ccc(Cl)cc2)c2cc(OC(C)(C)C)ccc2-n2c(C)nnc21. The van der Waals surface area contributed by atoms with Gasteiger partial charge in [0.05, 0.1) is 17.8 Å². The van der Waals surface area contributed by atoms with Crippen molar-refractivity contribution < 1.29 is 9.53 Å². The number of ether oxygens (including phenoxy) is 1. The Hall–Kier alpha value is -3.19. The summed E-state index contributed by atoms with van der Waals surface area (Å²) < 4.78 is 8.13. The Balaban J connectivity index is 1.94. The first kappa shape index (κ1) is 23.0. The molecule has 1 aliphatic heterocycles. The van der Waals surface area contributed by atoms with Gasteiger partial charge in [-0.05, 0) is 65.0 Å². The van der Waals surface area contributed by atoms with E-state index in [0.717, 1.165) is 34.1 Å². The molecule has 0 aliphatic carbocycles. The van der Waals surface area contributed by atoms with Crippen molar-refractivity contribution in [3.8, 4) is 11.4 Å². The monoisotopic (exact) mass is 465 g/mol. The fourth-order valence-corrected chi connectivity index (χ4v) is 4.04. The van der Waals surface area contributed by atoms with Gasteiger partial charge in [0, 0.05) is 22.7 Å². The number of carbonyl (C=O) groups excluding carboxylic acids is 1. The number of carbonyl (C=O) groups is 1. The highest BCUT2D eigenvalue weighted by molar-refractivity contribution is 6.30. The van der Waals surface area contributed by atoms with Crippen LogP contribution >= 0.6 is 11.6 Å². The first-order valence-electron chi connectivity index (χ1n) is 11.0. The van der Waals surface area contributed by atoms with Crippen LogP contribution in [0, 0.1) is 6.92 Å². The summed E-state index contributed by atoms with van der Waals surface area (Å²) in [6, 6.07) is 13.0. The van der Waals surface area contributed by atoms with Gasteiger partial charge in [0.1, 0.15) is 23.2 Å². The van der Waals surface area contributed by atoms with Crippen molar-refractivity contribution in [3.05, 3.63) is 70.3 Å². The Morgan fingerprint density at radius 1 is 1.15 bits per heavy atom. The van der Waals surface area contributed by atoms with E-state index in [-0.39, 0.29) is 17.9 Å². The predicted molar refractivity (Wildman–Crippen MR) is 130 cm³/mol. The van der Waals surface area contributed by atoms with Crippen LogP contribution in [0.5, 0.6) is 5.75 Å². The third-order valence-electron chi connectivity index (χ3n) is 5.19. The van der Waals surface area contributed by atoms with E-state index in [2.05, 4.69) is 15.5 Å². The van der Waals surface area contributed by atoms with Gasteiger partial charge in [0.25, 0.3) is 0 Å². The van der Waals surface area contributed by atoms with Crippen molar-refractivity contribution in [1.29, 1.82) is 0 Å². The number of hydrogen-bond acceptors (Lipinski definition) is 5. The lowest BCUT2D eigenvalue weighted by Gasteiger charge is -2.22. The van der Waals surface area contributed by atoms with E-state index in [1.54, 1.807) is 0 Å². The van der Waals surface area contributed by atoms with Crippen LogP contribution < -0.4 is 10.1 Å². The average Bonchev–Trinajstić information content (AvgIpc) is 3.06. The van der Waals surface area contributed by atoms with Crippen LogP contribution in [0.3, 0.4) is 0 Å². The van der Waals surface area contributed by atoms with Gasteiger partial charge in [0.15, 0.2) is 5.82 Å². The average molecular weight is 466 g/mol. The Bertz CT molecular complexity index is 1210. The van der Waals surface area contributed by atoms with Gasteiger partial charge < -0.3 is 10.1 Å². The number of nitrogens with one attached hydrogen (secondary N) is 1.